The van der Waals surface area contributed by atoms with E-state index in [9.17, 15) is 38.4 Å². The number of rotatable bonds is 40. The van der Waals surface area contributed by atoms with Gasteiger partial charge >= 0.3 is 5.97 Å². The number of amides is 7. The molecule has 388 valence electrons. The summed E-state index contributed by atoms with van der Waals surface area (Å²) in [5, 5.41) is 19.7. The van der Waals surface area contributed by atoms with Gasteiger partial charge in [0.15, 0.2) is 0 Å². The van der Waals surface area contributed by atoms with Crippen molar-refractivity contribution in [3.05, 3.63) is 0 Å². The topological polar surface area (TPSA) is 256 Å². The van der Waals surface area contributed by atoms with Gasteiger partial charge in [0.05, 0.1) is 12.6 Å². The molecule has 0 radical (unpaired) electrons. The molecule has 25 heteroatoms. The van der Waals surface area contributed by atoms with Crippen LogP contribution in [0.5, 0.6) is 0 Å². The molecule has 8 atom stereocenters. The Hall–Kier alpha value is -1.48. The lowest BCUT2D eigenvalue weighted by atomic mass is 10.1. The van der Waals surface area contributed by atoms with Crippen molar-refractivity contribution >= 4 is 141 Å². The van der Waals surface area contributed by atoms with E-state index in [1.165, 1.54) is 82.3 Å². The number of carbonyl (C=O) groups is 8. The molecule has 0 fully saturated rings. The molecule has 0 rings (SSSR count). The van der Waals surface area contributed by atoms with E-state index in [0.717, 1.165) is 0 Å². The Labute approximate surface area is 433 Å². The van der Waals surface area contributed by atoms with Gasteiger partial charge in [-0.05, 0) is 154 Å². The first-order valence-electron chi connectivity index (χ1n) is 22.1. The van der Waals surface area contributed by atoms with Gasteiger partial charge in [-0.1, -0.05) is 0 Å². The van der Waals surface area contributed by atoms with E-state index in [1.54, 1.807) is 18.7 Å². The molecule has 0 saturated carbocycles. The normalized spacial score (nSPS) is 14.7. The maximum Gasteiger partial charge on any atom is 0.328 e. The van der Waals surface area contributed by atoms with Crippen LogP contribution < -0.4 is 43.0 Å². The minimum absolute atomic E-state index is 0.148. The number of hydrogen-bond donors (Lipinski definition) is 8. The predicted molar refractivity (Wildman–Crippen MR) is 292 cm³/mol. The zero-order chi connectivity index (χ0) is 50.6. The van der Waals surface area contributed by atoms with Crippen molar-refractivity contribution in [2.75, 3.05) is 103 Å². The van der Waals surface area contributed by atoms with E-state index >= 15 is 0 Å². The van der Waals surface area contributed by atoms with Crippen molar-refractivity contribution in [2.45, 2.75) is 107 Å². The quantitative estimate of drug-likeness (QED) is 0.0410. The highest BCUT2D eigenvalue weighted by Gasteiger charge is 2.34. The van der Waals surface area contributed by atoms with E-state index in [2.05, 4.69) is 37.2 Å². The highest BCUT2D eigenvalue weighted by Crippen LogP contribution is 2.12. The molecule has 0 aromatic rings. The van der Waals surface area contributed by atoms with E-state index in [1.807, 2.05) is 50.0 Å². The molecule has 9 N–H and O–H groups in total. The molecule has 0 bridgehead atoms. The highest BCUT2D eigenvalue weighted by atomic mass is 32.2. The zero-order valence-electron chi connectivity index (χ0n) is 40.7. The Kier molecular flexibility index (Phi) is 40.3. The van der Waals surface area contributed by atoms with E-state index < -0.39 is 95.7 Å². The Morgan fingerprint density at radius 3 is 0.761 bits per heavy atom. The average Bonchev–Trinajstić information content (AvgIpc) is 3.31. The fraction of sp³-hybridized carbons (Fsp3) is 0.810. The first-order chi connectivity index (χ1) is 32.1. The highest BCUT2D eigenvalue weighted by molar-refractivity contribution is 7.99. The fourth-order valence-corrected chi connectivity index (χ4v) is 9.83. The van der Waals surface area contributed by atoms with Crippen LogP contribution in [-0.4, -0.2) is 198 Å². The number of nitrogens with two attached hydrogens (primary N) is 1. The summed E-state index contributed by atoms with van der Waals surface area (Å²) >= 11 is 12.0. The zero-order valence-corrected chi connectivity index (χ0v) is 47.2. The molecule has 67 heavy (non-hydrogen) atoms. The van der Waals surface area contributed by atoms with E-state index in [0.29, 0.717) is 65.3 Å². The third-order valence-corrected chi connectivity index (χ3v) is 15.1. The Morgan fingerprint density at radius 1 is 0.343 bits per heavy atom. The second-order valence-corrected chi connectivity index (χ2v) is 22.9. The molecular formula is C42H78N8O9S8. The number of hydrogen-bond acceptors (Lipinski definition) is 18. The van der Waals surface area contributed by atoms with Crippen LogP contribution in [0.2, 0.25) is 0 Å². The second kappa shape index (κ2) is 41.2. The maximum atomic E-state index is 14.1. The van der Waals surface area contributed by atoms with E-state index in [4.69, 9.17) is 10.5 Å². The van der Waals surface area contributed by atoms with Gasteiger partial charge in [0.25, 0.3) is 0 Å². The summed E-state index contributed by atoms with van der Waals surface area (Å²) in [5.74, 6) is -0.144. The smallest absolute Gasteiger partial charge is 0.328 e. The van der Waals surface area contributed by atoms with Crippen LogP contribution in [0, 0.1) is 0 Å². The number of esters is 1. The van der Waals surface area contributed by atoms with Crippen LogP contribution >= 0.6 is 94.1 Å². The molecule has 0 spiro atoms. The molecule has 7 amide bonds. The summed E-state index contributed by atoms with van der Waals surface area (Å²) in [7, 11) is 0. The lowest BCUT2D eigenvalue weighted by Gasteiger charge is -2.28. The number of carbonyl (C=O) groups excluding carboxylic acids is 8. The lowest BCUT2D eigenvalue weighted by Crippen LogP contribution is -2.60. The van der Waals surface area contributed by atoms with Crippen molar-refractivity contribution in [3.63, 3.8) is 0 Å². The molecule has 17 nitrogen and oxygen atoms in total. The largest absolute Gasteiger partial charge is 0.464 e. The fourth-order valence-electron chi connectivity index (χ4n) is 6.04. The predicted octanol–water partition coefficient (Wildman–Crippen LogP) is 2.30. The van der Waals surface area contributed by atoms with E-state index in [-0.39, 0.29) is 38.7 Å². The molecule has 0 aromatic carbocycles. The monoisotopic (exact) mass is 1090 g/mol. The molecule has 0 aliphatic heterocycles. The first-order valence-corrected chi connectivity index (χ1v) is 33.2. The van der Waals surface area contributed by atoms with Crippen LogP contribution in [0.4, 0.5) is 0 Å². The third-order valence-electron chi connectivity index (χ3n) is 9.93. The standard InChI is InChI=1S/C42H78N8O9S8/c1-10-59-42(58)34(18-26-67-9)50-41(57)33(17-25-66-8)49-40(56)32(16-24-65-7)48-39(55)31(15-23-64-6)47-38(54)30(14-22-63-5)46-37(53)29(13-21-62-4)45-36(52)28(12-20-61-3)44-35(51)27(43)11-19-60-2/h27-34H,10-26,43H2,1-9H3,(H,44,51)(H,45,52)(H,46,53)(H,47,54)(H,48,55)(H,49,56)(H,50,57)/t27-,28-,29-,30-,31-,32-,33-,34-/m0/s1. The summed E-state index contributed by atoms with van der Waals surface area (Å²) in [6.45, 7) is 1.83. The molecular weight excluding hydrogens is 1020 g/mol. The van der Waals surface area contributed by atoms with Crippen LogP contribution in [0.25, 0.3) is 0 Å². The number of ether oxygens (including phenoxy) is 1. The van der Waals surface area contributed by atoms with Gasteiger partial charge in [-0.25, -0.2) is 4.79 Å². The first kappa shape index (κ1) is 65.5. The van der Waals surface area contributed by atoms with Crippen LogP contribution in [-0.2, 0) is 43.1 Å². The van der Waals surface area contributed by atoms with Gasteiger partial charge in [-0.3, -0.25) is 33.6 Å². The van der Waals surface area contributed by atoms with Gasteiger partial charge < -0.3 is 47.7 Å². The van der Waals surface area contributed by atoms with Crippen molar-refractivity contribution in [1.82, 2.24) is 37.2 Å². The SMILES string of the molecule is CCOC(=O)[C@H](CCSC)NC(=O)[C@H](CCSC)NC(=O)[C@H](CCSC)NC(=O)[C@H](CCSC)NC(=O)[C@H](CCSC)NC(=O)[C@H](CCSC)NC(=O)[C@H](CCSC)NC(=O)[C@@H](N)CCSC. The average molecular weight is 1100 g/mol. The third kappa shape index (κ3) is 28.8. The molecule has 0 aliphatic carbocycles. The summed E-state index contributed by atoms with van der Waals surface area (Å²) in [6.07, 6.45) is 17.3. The van der Waals surface area contributed by atoms with Crippen molar-refractivity contribution in [3.8, 4) is 0 Å². The second-order valence-electron chi connectivity index (χ2n) is 15.0. The van der Waals surface area contributed by atoms with Gasteiger partial charge in [0.1, 0.15) is 42.3 Å². The van der Waals surface area contributed by atoms with Crippen molar-refractivity contribution in [2.24, 2.45) is 5.73 Å². The number of nitrogens with one attached hydrogen (secondary N) is 7. The summed E-state index contributed by atoms with van der Waals surface area (Å²) < 4.78 is 5.19. The summed E-state index contributed by atoms with van der Waals surface area (Å²) in [5.41, 5.74) is 6.10. The number of thioether (sulfide) groups is 8. The minimum atomic E-state index is -1.09. The Balaban J connectivity index is 6.45. The molecule has 0 aliphatic rings. The summed E-state index contributed by atoms with van der Waals surface area (Å²) in [4.78, 5) is 109. The van der Waals surface area contributed by atoms with Crippen LogP contribution in [0.3, 0.4) is 0 Å². The Bertz CT molecular complexity index is 1480. The van der Waals surface area contributed by atoms with Gasteiger partial charge in [-0.2, -0.15) is 94.1 Å². The van der Waals surface area contributed by atoms with Crippen molar-refractivity contribution < 1.29 is 43.1 Å². The molecule has 0 aromatic heterocycles. The molecule has 0 heterocycles. The van der Waals surface area contributed by atoms with Crippen molar-refractivity contribution in [1.29, 1.82) is 0 Å². The lowest BCUT2D eigenvalue weighted by molar-refractivity contribution is -0.147. The molecule has 0 unspecified atom stereocenters. The summed E-state index contributed by atoms with van der Waals surface area (Å²) in [6, 6.07) is -7.92. The Morgan fingerprint density at radius 2 is 0.537 bits per heavy atom. The van der Waals surface area contributed by atoms with Crippen LogP contribution in [0.1, 0.15) is 58.3 Å². The minimum Gasteiger partial charge on any atom is -0.464 e. The molecule has 0 saturated heterocycles. The maximum absolute atomic E-state index is 14.1. The van der Waals surface area contributed by atoms with Gasteiger partial charge in [0.2, 0.25) is 41.4 Å². The van der Waals surface area contributed by atoms with Gasteiger partial charge in [-0.15, -0.1) is 0 Å². The van der Waals surface area contributed by atoms with Gasteiger partial charge in [0, 0.05) is 0 Å². The van der Waals surface area contributed by atoms with Crippen LogP contribution in [0.15, 0.2) is 0 Å².